The zero-order valence-corrected chi connectivity index (χ0v) is 7.97. The molecule has 0 radical (unpaired) electrons. The maximum Gasteiger partial charge on any atom is 0.0134 e. The second-order valence-electron chi connectivity index (χ2n) is 3.28. The first-order valence-corrected chi connectivity index (χ1v) is 4.93. The van der Waals surface area contributed by atoms with E-state index in [2.05, 4.69) is 30.5 Å². The van der Waals surface area contributed by atoms with Crippen LogP contribution >= 0.6 is 0 Å². The highest BCUT2D eigenvalue weighted by Gasteiger charge is 2.02. The van der Waals surface area contributed by atoms with E-state index in [4.69, 9.17) is 0 Å². The molecule has 0 fully saturated rings. The standard InChI is InChI=1S/C11H19N/c1-2-3-9-12-10-8-11-6-4-5-7-11/h2-3,6,12H,4-5,7-10H2,1H3/b3-2+. The lowest BCUT2D eigenvalue weighted by Crippen LogP contribution is -2.15. The molecule has 1 aliphatic carbocycles. The van der Waals surface area contributed by atoms with Crippen molar-refractivity contribution in [2.75, 3.05) is 13.1 Å². The Labute approximate surface area is 75.6 Å². The maximum absolute atomic E-state index is 3.39. The summed E-state index contributed by atoms with van der Waals surface area (Å²) in [5.74, 6) is 0. The SMILES string of the molecule is C/C=C/CNCCC1=CCCC1. The van der Waals surface area contributed by atoms with E-state index in [1.807, 2.05) is 0 Å². The van der Waals surface area contributed by atoms with Gasteiger partial charge in [-0.2, -0.15) is 0 Å². The quantitative estimate of drug-likeness (QED) is 0.488. The van der Waals surface area contributed by atoms with Crippen LogP contribution in [0.5, 0.6) is 0 Å². The van der Waals surface area contributed by atoms with Gasteiger partial charge in [0.15, 0.2) is 0 Å². The van der Waals surface area contributed by atoms with E-state index in [1.54, 1.807) is 5.57 Å². The fraction of sp³-hybridized carbons (Fsp3) is 0.636. The molecule has 0 spiro atoms. The predicted molar refractivity (Wildman–Crippen MR) is 54.2 cm³/mol. The number of allylic oxidation sites excluding steroid dienone is 2. The van der Waals surface area contributed by atoms with Gasteiger partial charge < -0.3 is 5.32 Å². The molecule has 0 amide bonds. The van der Waals surface area contributed by atoms with Gasteiger partial charge in [-0.3, -0.25) is 0 Å². The Hall–Kier alpha value is -0.560. The smallest absolute Gasteiger partial charge is 0.0134 e. The first-order chi connectivity index (χ1) is 5.93. The molecule has 0 aromatic rings. The van der Waals surface area contributed by atoms with E-state index >= 15 is 0 Å². The van der Waals surface area contributed by atoms with Gasteiger partial charge >= 0.3 is 0 Å². The summed E-state index contributed by atoms with van der Waals surface area (Å²) in [5, 5.41) is 3.39. The van der Waals surface area contributed by atoms with Crippen molar-refractivity contribution in [1.29, 1.82) is 0 Å². The van der Waals surface area contributed by atoms with E-state index in [0.29, 0.717) is 0 Å². The Balaban J connectivity index is 1.95. The third-order valence-corrected chi connectivity index (χ3v) is 2.26. The van der Waals surface area contributed by atoms with Crippen LogP contribution in [0.1, 0.15) is 32.6 Å². The van der Waals surface area contributed by atoms with Gasteiger partial charge in [0.1, 0.15) is 0 Å². The van der Waals surface area contributed by atoms with Crippen molar-refractivity contribution in [1.82, 2.24) is 5.32 Å². The Bertz CT molecular complexity index is 168. The fourth-order valence-corrected chi connectivity index (χ4v) is 1.52. The second-order valence-corrected chi connectivity index (χ2v) is 3.28. The van der Waals surface area contributed by atoms with Crippen molar-refractivity contribution in [3.63, 3.8) is 0 Å². The number of hydrogen-bond acceptors (Lipinski definition) is 1. The number of hydrogen-bond donors (Lipinski definition) is 1. The van der Waals surface area contributed by atoms with Gasteiger partial charge in [0, 0.05) is 6.54 Å². The third kappa shape index (κ3) is 3.72. The molecule has 0 saturated heterocycles. The lowest BCUT2D eigenvalue weighted by molar-refractivity contribution is 0.725. The van der Waals surface area contributed by atoms with Crippen LogP contribution in [0.3, 0.4) is 0 Å². The van der Waals surface area contributed by atoms with Crippen molar-refractivity contribution < 1.29 is 0 Å². The molecule has 0 aliphatic heterocycles. The van der Waals surface area contributed by atoms with Crippen molar-refractivity contribution in [2.45, 2.75) is 32.6 Å². The molecular weight excluding hydrogens is 146 g/mol. The minimum Gasteiger partial charge on any atom is -0.313 e. The first kappa shape index (κ1) is 9.53. The molecule has 1 nitrogen and oxygen atoms in total. The van der Waals surface area contributed by atoms with Crippen LogP contribution in [0, 0.1) is 0 Å². The highest BCUT2D eigenvalue weighted by atomic mass is 14.8. The molecular formula is C11H19N. The molecule has 0 aromatic carbocycles. The van der Waals surface area contributed by atoms with Crippen molar-refractivity contribution >= 4 is 0 Å². The Morgan fingerprint density at radius 2 is 2.50 bits per heavy atom. The summed E-state index contributed by atoms with van der Waals surface area (Å²) in [7, 11) is 0. The summed E-state index contributed by atoms with van der Waals surface area (Å²) < 4.78 is 0. The average molecular weight is 165 g/mol. The normalized spacial score (nSPS) is 17.2. The third-order valence-electron chi connectivity index (χ3n) is 2.26. The van der Waals surface area contributed by atoms with Gasteiger partial charge in [-0.05, 0) is 39.2 Å². The minimum atomic E-state index is 1.02. The van der Waals surface area contributed by atoms with E-state index in [-0.39, 0.29) is 0 Å². The number of rotatable bonds is 5. The van der Waals surface area contributed by atoms with Crippen LogP contribution in [-0.4, -0.2) is 13.1 Å². The Kier molecular flexibility index (Phi) is 4.77. The average Bonchev–Trinajstić information content (AvgIpc) is 2.57. The van der Waals surface area contributed by atoms with E-state index < -0.39 is 0 Å². The Morgan fingerprint density at radius 1 is 1.58 bits per heavy atom. The first-order valence-electron chi connectivity index (χ1n) is 4.93. The highest BCUT2D eigenvalue weighted by Crippen LogP contribution is 2.19. The van der Waals surface area contributed by atoms with Gasteiger partial charge in [0.05, 0.1) is 0 Å². The predicted octanol–water partition coefficient (Wildman–Crippen LogP) is 2.65. The molecule has 1 rings (SSSR count). The van der Waals surface area contributed by atoms with Crippen LogP contribution < -0.4 is 5.32 Å². The van der Waals surface area contributed by atoms with Crippen LogP contribution in [0.4, 0.5) is 0 Å². The Morgan fingerprint density at radius 3 is 3.17 bits per heavy atom. The summed E-state index contributed by atoms with van der Waals surface area (Å²) in [6, 6.07) is 0. The molecule has 68 valence electrons. The van der Waals surface area contributed by atoms with E-state index in [1.165, 1.54) is 25.7 Å². The summed E-state index contributed by atoms with van der Waals surface area (Å²) in [4.78, 5) is 0. The molecule has 0 saturated carbocycles. The molecule has 1 heteroatoms. The van der Waals surface area contributed by atoms with Crippen molar-refractivity contribution in [3.05, 3.63) is 23.8 Å². The largest absolute Gasteiger partial charge is 0.313 e. The van der Waals surface area contributed by atoms with Crippen molar-refractivity contribution in [3.8, 4) is 0 Å². The molecule has 0 unspecified atom stereocenters. The summed E-state index contributed by atoms with van der Waals surface area (Å²) in [6.07, 6.45) is 11.9. The van der Waals surface area contributed by atoms with Crippen LogP contribution in [0.2, 0.25) is 0 Å². The monoisotopic (exact) mass is 165 g/mol. The zero-order valence-electron chi connectivity index (χ0n) is 7.97. The topological polar surface area (TPSA) is 12.0 Å². The molecule has 12 heavy (non-hydrogen) atoms. The lowest BCUT2D eigenvalue weighted by Gasteiger charge is -2.01. The van der Waals surface area contributed by atoms with Gasteiger partial charge in [-0.25, -0.2) is 0 Å². The minimum absolute atomic E-state index is 1.02. The molecule has 0 heterocycles. The second kappa shape index (κ2) is 6.01. The molecule has 1 N–H and O–H groups in total. The van der Waals surface area contributed by atoms with Crippen LogP contribution in [0.25, 0.3) is 0 Å². The number of nitrogens with one attached hydrogen (secondary N) is 1. The summed E-state index contributed by atoms with van der Waals surface area (Å²) in [5.41, 5.74) is 1.66. The summed E-state index contributed by atoms with van der Waals surface area (Å²) >= 11 is 0. The molecule has 0 atom stereocenters. The van der Waals surface area contributed by atoms with Gasteiger partial charge in [-0.15, -0.1) is 0 Å². The van der Waals surface area contributed by atoms with Gasteiger partial charge in [-0.1, -0.05) is 23.8 Å². The highest BCUT2D eigenvalue weighted by molar-refractivity contribution is 5.07. The van der Waals surface area contributed by atoms with E-state index in [0.717, 1.165) is 13.1 Å². The van der Waals surface area contributed by atoms with Crippen molar-refractivity contribution in [2.24, 2.45) is 0 Å². The van der Waals surface area contributed by atoms with Gasteiger partial charge in [0.25, 0.3) is 0 Å². The fourth-order valence-electron chi connectivity index (χ4n) is 1.52. The van der Waals surface area contributed by atoms with Crippen LogP contribution in [0.15, 0.2) is 23.8 Å². The molecule has 0 aromatic heterocycles. The molecule has 1 aliphatic rings. The molecule has 0 bridgehead atoms. The zero-order chi connectivity index (χ0) is 8.65. The lowest BCUT2D eigenvalue weighted by atomic mass is 10.2. The van der Waals surface area contributed by atoms with Gasteiger partial charge in [0.2, 0.25) is 0 Å². The maximum atomic E-state index is 3.39. The van der Waals surface area contributed by atoms with E-state index in [9.17, 15) is 0 Å². The summed E-state index contributed by atoms with van der Waals surface area (Å²) in [6.45, 7) is 4.21. The van der Waals surface area contributed by atoms with Crippen LogP contribution in [-0.2, 0) is 0 Å².